The Bertz CT molecular complexity index is 781. The van der Waals surface area contributed by atoms with E-state index in [0.29, 0.717) is 25.2 Å². The summed E-state index contributed by atoms with van der Waals surface area (Å²) in [6, 6.07) is 10.1. The molecule has 0 aliphatic heterocycles. The van der Waals surface area contributed by atoms with Gasteiger partial charge in [0.05, 0.1) is 29.1 Å². The van der Waals surface area contributed by atoms with Gasteiger partial charge in [0.2, 0.25) is 5.91 Å². The Balaban J connectivity index is 1.51. The Hall–Kier alpha value is -2.41. The molecule has 0 atom stereocenters. The van der Waals surface area contributed by atoms with Crippen molar-refractivity contribution in [3.63, 3.8) is 0 Å². The van der Waals surface area contributed by atoms with E-state index in [1.807, 2.05) is 42.7 Å². The van der Waals surface area contributed by atoms with Crippen molar-refractivity contribution in [1.29, 1.82) is 0 Å². The molecule has 118 valence electrons. The summed E-state index contributed by atoms with van der Waals surface area (Å²) in [6.07, 6.45) is 7.38. The topological polar surface area (TPSA) is 64.7 Å². The van der Waals surface area contributed by atoms with Crippen molar-refractivity contribution in [2.75, 3.05) is 5.32 Å². The van der Waals surface area contributed by atoms with Crippen LogP contribution in [0.3, 0.4) is 0 Å². The second kappa shape index (κ2) is 7.23. The highest BCUT2D eigenvalue weighted by Crippen LogP contribution is 2.09. The van der Waals surface area contributed by atoms with Gasteiger partial charge in [-0.15, -0.1) is 0 Å². The maximum Gasteiger partial charge on any atom is 0.226 e. The van der Waals surface area contributed by atoms with E-state index in [2.05, 4.69) is 31.4 Å². The minimum Gasteiger partial charge on any atom is -0.323 e. The molecular formula is C16H16BrN5O. The van der Waals surface area contributed by atoms with Crippen LogP contribution in [0, 0.1) is 0 Å². The lowest BCUT2D eigenvalue weighted by atomic mass is 10.2. The molecule has 0 saturated carbocycles. The smallest absolute Gasteiger partial charge is 0.226 e. The van der Waals surface area contributed by atoms with E-state index in [0.717, 1.165) is 10.0 Å². The second-order valence-electron chi connectivity index (χ2n) is 5.13. The molecule has 0 unspecified atom stereocenters. The summed E-state index contributed by atoms with van der Waals surface area (Å²) in [6.45, 7) is 1.22. The van der Waals surface area contributed by atoms with E-state index in [1.54, 1.807) is 21.8 Å². The number of hydrogen-bond acceptors (Lipinski definition) is 3. The number of nitrogens with one attached hydrogen (secondary N) is 1. The highest BCUT2D eigenvalue weighted by atomic mass is 79.9. The normalized spacial score (nSPS) is 10.7. The summed E-state index contributed by atoms with van der Waals surface area (Å²) in [5, 5.41) is 11.2. The van der Waals surface area contributed by atoms with Crippen molar-refractivity contribution in [2.45, 2.75) is 19.5 Å². The summed E-state index contributed by atoms with van der Waals surface area (Å²) in [4.78, 5) is 12.0. The van der Waals surface area contributed by atoms with E-state index < -0.39 is 0 Å². The number of aryl methyl sites for hydroxylation is 1. The number of nitrogens with zero attached hydrogens (tertiary/aromatic N) is 4. The zero-order valence-corrected chi connectivity index (χ0v) is 14.0. The molecule has 0 bridgehead atoms. The molecule has 0 radical (unpaired) electrons. The number of carbonyl (C=O) groups excluding carboxylic acids is 1. The fourth-order valence-corrected chi connectivity index (χ4v) is 2.51. The first-order valence-corrected chi connectivity index (χ1v) is 8.02. The zero-order valence-electron chi connectivity index (χ0n) is 12.4. The van der Waals surface area contributed by atoms with Crippen molar-refractivity contribution in [3.8, 4) is 0 Å². The maximum absolute atomic E-state index is 12.0. The average Bonchev–Trinajstić information content (AvgIpc) is 3.15. The number of rotatable bonds is 6. The van der Waals surface area contributed by atoms with Gasteiger partial charge in [-0.05, 0) is 21.5 Å². The number of aromatic nitrogens is 4. The van der Waals surface area contributed by atoms with Crippen molar-refractivity contribution in [2.24, 2.45) is 0 Å². The first kappa shape index (κ1) is 15.5. The van der Waals surface area contributed by atoms with Crippen LogP contribution >= 0.6 is 15.9 Å². The van der Waals surface area contributed by atoms with Crippen LogP contribution < -0.4 is 5.32 Å². The number of anilines is 1. The molecule has 7 heteroatoms. The van der Waals surface area contributed by atoms with E-state index >= 15 is 0 Å². The summed E-state index contributed by atoms with van der Waals surface area (Å²) < 4.78 is 4.43. The summed E-state index contributed by atoms with van der Waals surface area (Å²) >= 11 is 3.33. The number of carbonyl (C=O) groups is 1. The third-order valence-electron chi connectivity index (χ3n) is 3.27. The Morgan fingerprint density at radius 3 is 2.61 bits per heavy atom. The fraction of sp³-hybridized carbons (Fsp3) is 0.188. The van der Waals surface area contributed by atoms with Gasteiger partial charge >= 0.3 is 0 Å². The van der Waals surface area contributed by atoms with Crippen molar-refractivity contribution in [3.05, 3.63) is 65.2 Å². The lowest BCUT2D eigenvalue weighted by Gasteiger charge is -2.03. The van der Waals surface area contributed by atoms with Crippen LogP contribution in [0.1, 0.15) is 12.0 Å². The fourth-order valence-electron chi connectivity index (χ4n) is 2.19. The van der Waals surface area contributed by atoms with E-state index in [4.69, 9.17) is 0 Å². The Morgan fingerprint density at radius 1 is 1.09 bits per heavy atom. The Morgan fingerprint density at radius 2 is 1.87 bits per heavy atom. The van der Waals surface area contributed by atoms with Crippen LogP contribution in [0.5, 0.6) is 0 Å². The molecule has 23 heavy (non-hydrogen) atoms. The summed E-state index contributed by atoms with van der Waals surface area (Å²) in [5.41, 5.74) is 1.87. The summed E-state index contributed by atoms with van der Waals surface area (Å²) in [7, 11) is 0. The monoisotopic (exact) mass is 373 g/mol. The minimum atomic E-state index is -0.0594. The van der Waals surface area contributed by atoms with Crippen LogP contribution in [0.25, 0.3) is 0 Å². The zero-order chi connectivity index (χ0) is 16.1. The number of amides is 1. The number of halogens is 1. The van der Waals surface area contributed by atoms with Gasteiger partial charge in [-0.2, -0.15) is 10.2 Å². The van der Waals surface area contributed by atoms with Gasteiger partial charge in [0.15, 0.2) is 0 Å². The van der Waals surface area contributed by atoms with E-state index in [-0.39, 0.29) is 5.91 Å². The van der Waals surface area contributed by atoms with Crippen LogP contribution in [0.2, 0.25) is 0 Å². The minimum absolute atomic E-state index is 0.0594. The predicted octanol–water partition coefficient (Wildman–Crippen LogP) is 2.92. The molecular weight excluding hydrogens is 358 g/mol. The second-order valence-corrected chi connectivity index (χ2v) is 6.05. The predicted molar refractivity (Wildman–Crippen MR) is 90.9 cm³/mol. The van der Waals surface area contributed by atoms with E-state index in [1.165, 1.54) is 0 Å². The van der Waals surface area contributed by atoms with Crippen molar-refractivity contribution in [1.82, 2.24) is 19.6 Å². The van der Waals surface area contributed by atoms with Gasteiger partial charge in [-0.3, -0.25) is 14.2 Å². The molecule has 2 aromatic heterocycles. The SMILES string of the molecule is O=C(CCn1cc(Br)cn1)Nc1cnn(Cc2ccccc2)c1. The van der Waals surface area contributed by atoms with Gasteiger partial charge in [0.25, 0.3) is 0 Å². The van der Waals surface area contributed by atoms with Crippen molar-refractivity contribution < 1.29 is 4.79 Å². The maximum atomic E-state index is 12.0. The average molecular weight is 374 g/mol. The number of benzene rings is 1. The van der Waals surface area contributed by atoms with Gasteiger partial charge in [-0.25, -0.2) is 0 Å². The largest absolute Gasteiger partial charge is 0.323 e. The van der Waals surface area contributed by atoms with Crippen LogP contribution in [-0.2, 0) is 17.9 Å². The van der Waals surface area contributed by atoms with Gasteiger partial charge in [0.1, 0.15) is 0 Å². The Kier molecular flexibility index (Phi) is 4.87. The highest BCUT2D eigenvalue weighted by molar-refractivity contribution is 9.10. The molecule has 0 fully saturated rings. The molecule has 3 aromatic rings. The molecule has 6 nitrogen and oxygen atoms in total. The molecule has 0 saturated heterocycles. The quantitative estimate of drug-likeness (QED) is 0.722. The lowest BCUT2D eigenvalue weighted by Crippen LogP contribution is -2.14. The van der Waals surface area contributed by atoms with Crippen LogP contribution in [0.15, 0.2) is 59.6 Å². The van der Waals surface area contributed by atoms with Gasteiger partial charge < -0.3 is 5.32 Å². The first-order valence-electron chi connectivity index (χ1n) is 7.23. The molecule has 0 spiro atoms. The molecule has 0 aliphatic rings. The van der Waals surface area contributed by atoms with Crippen LogP contribution in [-0.4, -0.2) is 25.5 Å². The third-order valence-corrected chi connectivity index (χ3v) is 3.68. The standard InChI is InChI=1S/C16H16BrN5O/c17-14-8-18-21(11-14)7-6-16(23)20-15-9-19-22(12-15)10-13-4-2-1-3-5-13/h1-5,8-9,11-12H,6-7,10H2,(H,20,23). The number of hydrogen-bond donors (Lipinski definition) is 1. The molecule has 0 aliphatic carbocycles. The van der Waals surface area contributed by atoms with Gasteiger partial charge in [0, 0.05) is 25.4 Å². The molecule has 1 aromatic carbocycles. The summed E-state index contributed by atoms with van der Waals surface area (Å²) in [5.74, 6) is -0.0594. The van der Waals surface area contributed by atoms with E-state index in [9.17, 15) is 4.79 Å². The molecule has 1 amide bonds. The van der Waals surface area contributed by atoms with Crippen molar-refractivity contribution >= 4 is 27.5 Å². The third kappa shape index (κ3) is 4.53. The molecule has 2 heterocycles. The lowest BCUT2D eigenvalue weighted by molar-refractivity contribution is -0.116. The first-order chi connectivity index (χ1) is 11.2. The van der Waals surface area contributed by atoms with Gasteiger partial charge in [-0.1, -0.05) is 30.3 Å². The molecule has 3 rings (SSSR count). The van der Waals surface area contributed by atoms with Crippen LogP contribution in [0.4, 0.5) is 5.69 Å². The molecule has 1 N–H and O–H groups in total. The highest BCUT2D eigenvalue weighted by Gasteiger charge is 2.06. The Labute approximate surface area is 142 Å².